The summed E-state index contributed by atoms with van der Waals surface area (Å²) in [5, 5.41) is 0. The van der Waals surface area contributed by atoms with Gasteiger partial charge in [0.25, 0.3) is 0 Å². The van der Waals surface area contributed by atoms with Crippen LogP contribution in [0.15, 0.2) is 0 Å². The number of esters is 1. The Hall–Kier alpha value is -0.0900. The lowest BCUT2D eigenvalue weighted by atomic mass is 10.5. The van der Waals surface area contributed by atoms with Crippen LogP contribution in [0.4, 0.5) is 0 Å². The van der Waals surface area contributed by atoms with Crippen molar-refractivity contribution in [3.63, 3.8) is 0 Å². The van der Waals surface area contributed by atoms with Gasteiger partial charge in [0.1, 0.15) is 0 Å². The molecule has 0 N–H and O–H groups in total. The molecule has 4 heteroatoms. The van der Waals surface area contributed by atoms with E-state index < -0.39 is 0 Å². The Labute approximate surface area is 58.6 Å². The molecule has 0 aromatic rings. The SMILES string of the molecule is CCC(=O)OC(=S)S. The average molecular weight is 150 g/mol. The fraction of sp³-hybridized carbons (Fsp3) is 0.500. The number of thiocarbonyl (C=S) groups is 1. The molecule has 2 nitrogen and oxygen atoms in total. The van der Waals surface area contributed by atoms with Crippen LogP contribution in [-0.2, 0) is 9.53 Å². The minimum atomic E-state index is -0.343. The van der Waals surface area contributed by atoms with Crippen LogP contribution < -0.4 is 0 Å². The van der Waals surface area contributed by atoms with Crippen molar-refractivity contribution in [2.45, 2.75) is 13.3 Å². The highest BCUT2D eigenvalue weighted by atomic mass is 32.1. The zero-order valence-corrected chi connectivity index (χ0v) is 6.09. The van der Waals surface area contributed by atoms with Crippen molar-refractivity contribution in [3.8, 4) is 0 Å². The zero-order valence-electron chi connectivity index (χ0n) is 4.38. The normalized spacial score (nSPS) is 8.25. The predicted molar refractivity (Wildman–Crippen MR) is 38.0 cm³/mol. The molecule has 0 rings (SSSR count). The number of carbonyl (C=O) groups is 1. The van der Waals surface area contributed by atoms with Gasteiger partial charge in [-0.15, -0.1) is 0 Å². The first-order valence-corrected chi connectivity index (χ1v) is 2.96. The van der Waals surface area contributed by atoms with Crippen LogP contribution in [0.2, 0.25) is 0 Å². The average Bonchev–Trinajstić information content (AvgIpc) is 1.65. The summed E-state index contributed by atoms with van der Waals surface area (Å²) in [6, 6.07) is 0. The van der Waals surface area contributed by atoms with Gasteiger partial charge in [-0.25, -0.2) is 0 Å². The maximum Gasteiger partial charge on any atom is 0.312 e. The molecule has 0 aliphatic rings. The summed E-state index contributed by atoms with van der Waals surface area (Å²) in [6.45, 7) is 1.69. The number of hydrogen-bond acceptors (Lipinski definition) is 3. The van der Waals surface area contributed by atoms with Gasteiger partial charge < -0.3 is 4.74 Å². The quantitative estimate of drug-likeness (QED) is 0.345. The highest BCUT2D eigenvalue weighted by molar-refractivity contribution is 8.10. The van der Waals surface area contributed by atoms with Gasteiger partial charge in [-0.2, -0.15) is 0 Å². The molecule has 0 aromatic carbocycles. The number of carbonyl (C=O) groups excluding carboxylic acids is 1. The second-order valence-electron chi connectivity index (χ2n) is 1.09. The van der Waals surface area contributed by atoms with E-state index in [0.717, 1.165) is 0 Å². The van der Waals surface area contributed by atoms with E-state index in [1.54, 1.807) is 6.92 Å². The maximum atomic E-state index is 10.3. The van der Waals surface area contributed by atoms with Crippen molar-refractivity contribution < 1.29 is 9.53 Å². The number of ether oxygens (including phenoxy) is 1. The fourth-order valence-electron chi connectivity index (χ4n) is 0.170. The topological polar surface area (TPSA) is 26.3 Å². The van der Waals surface area contributed by atoms with E-state index in [2.05, 4.69) is 29.6 Å². The molecule has 0 saturated carbocycles. The van der Waals surface area contributed by atoms with Crippen molar-refractivity contribution in [1.29, 1.82) is 0 Å². The van der Waals surface area contributed by atoms with E-state index >= 15 is 0 Å². The van der Waals surface area contributed by atoms with Crippen LogP contribution in [0.25, 0.3) is 0 Å². The first-order chi connectivity index (χ1) is 3.66. The number of thiol groups is 1. The van der Waals surface area contributed by atoms with Gasteiger partial charge in [-0.05, 0) is 12.2 Å². The van der Waals surface area contributed by atoms with Crippen LogP contribution in [-0.4, -0.2) is 10.4 Å². The molecule has 0 bridgehead atoms. The van der Waals surface area contributed by atoms with Gasteiger partial charge in [0.2, 0.25) is 4.38 Å². The lowest BCUT2D eigenvalue weighted by molar-refractivity contribution is -0.134. The third-order valence-electron chi connectivity index (χ3n) is 0.490. The molecule has 0 atom stereocenters. The Bertz CT molecular complexity index is 111. The molecule has 8 heavy (non-hydrogen) atoms. The summed E-state index contributed by atoms with van der Waals surface area (Å²) in [5.74, 6) is -0.343. The van der Waals surface area contributed by atoms with E-state index in [1.807, 2.05) is 0 Å². The van der Waals surface area contributed by atoms with Crippen LogP contribution in [0.3, 0.4) is 0 Å². The fourth-order valence-corrected chi connectivity index (χ4v) is 0.364. The highest BCUT2D eigenvalue weighted by Gasteiger charge is 1.97. The molecular weight excluding hydrogens is 144 g/mol. The Morgan fingerprint density at radius 2 is 2.38 bits per heavy atom. The third-order valence-corrected chi connectivity index (χ3v) is 0.664. The zero-order chi connectivity index (χ0) is 6.57. The first-order valence-electron chi connectivity index (χ1n) is 2.10. The van der Waals surface area contributed by atoms with Crippen LogP contribution >= 0.6 is 24.8 Å². The molecule has 0 amide bonds. The minimum Gasteiger partial charge on any atom is -0.409 e. The van der Waals surface area contributed by atoms with Crippen LogP contribution in [0, 0.1) is 0 Å². The van der Waals surface area contributed by atoms with Gasteiger partial charge in [-0.1, -0.05) is 19.6 Å². The van der Waals surface area contributed by atoms with Gasteiger partial charge in [0.05, 0.1) is 0 Å². The Kier molecular flexibility index (Phi) is 3.81. The lowest BCUT2D eigenvalue weighted by Crippen LogP contribution is -2.03. The molecule has 0 fully saturated rings. The third kappa shape index (κ3) is 4.08. The summed E-state index contributed by atoms with van der Waals surface area (Å²) in [5.41, 5.74) is 0. The molecule has 0 aliphatic heterocycles. The van der Waals surface area contributed by atoms with Crippen molar-refractivity contribution in [1.82, 2.24) is 0 Å². The van der Waals surface area contributed by atoms with E-state index in [9.17, 15) is 4.79 Å². The van der Waals surface area contributed by atoms with Gasteiger partial charge in [0.15, 0.2) is 0 Å². The van der Waals surface area contributed by atoms with Crippen molar-refractivity contribution >= 4 is 35.2 Å². The summed E-state index contributed by atoms with van der Waals surface area (Å²) in [6.07, 6.45) is 0.334. The monoisotopic (exact) mass is 150 g/mol. The lowest BCUT2D eigenvalue weighted by Gasteiger charge is -1.94. The molecular formula is C4H6O2S2. The molecule has 0 spiro atoms. The predicted octanol–water partition coefficient (Wildman–Crippen LogP) is 1.15. The summed E-state index contributed by atoms with van der Waals surface area (Å²) >= 11 is 7.94. The first kappa shape index (κ1) is 7.91. The standard InChI is InChI=1S/C4H6O2S2/c1-2-3(5)6-4(7)8/h2H2,1H3,(H,7,8). The maximum absolute atomic E-state index is 10.3. The second kappa shape index (κ2) is 3.86. The largest absolute Gasteiger partial charge is 0.409 e. The van der Waals surface area contributed by atoms with E-state index in [-0.39, 0.29) is 10.4 Å². The van der Waals surface area contributed by atoms with Crippen molar-refractivity contribution in [3.05, 3.63) is 0 Å². The summed E-state index contributed by atoms with van der Waals surface area (Å²) in [7, 11) is 0. The molecule has 46 valence electrons. The molecule has 0 aromatic heterocycles. The van der Waals surface area contributed by atoms with E-state index in [1.165, 1.54) is 0 Å². The second-order valence-corrected chi connectivity index (χ2v) is 2.17. The van der Waals surface area contributed by atoms with Crippen molar-refractivity contribution in [2.24, 2.45) is 0 Å². The minimum absolute atomic E-state index is 0.0168. The van der Waals surface area contributed by atoms with Crippen molar-refractivity contribution in [2.75, 3.05) is 0 Å². The highest BCUT2D eigenvalue weighted by Crippen LogP contribution is 1.90. The molecule has 0 radical (unpaired) electrons. The van der Waals surface area contributed by atoms with Gasteiger partial charge in [0, 0.05) is 6.42 Å². The molecule has 0 aliphatic carbocycles. The Balaban J connectivity index is 3.40. The molecule has 0 saturated heterocycles. The summed E-state index contributed by atoms with van der Waals surface area (Å²) < 4.78 is 4.34. The van der Waals surface area contributed by atoms with E-state index in [0.29, 0.717) is 6.42 Å². The smallest absolute Gasteiger partial charge is 0.312 e. The van der Waals surface area contributed by atoms with E-state index in [4.69, 9.17) is 0 Å². The van der Waals surface area contributed by atoms with Crippen LogP contribution in [0.1, 0.15) is 13.3 Å². The van der Waals surface area contributed by atoms with Crippen LogP contribution in [0.5, 0.6) is 0 Å². The Morgan fingerprint density at radius 3 is 2.50 bits per heavy atom. The molecule has 0 unspecified atom stereocenters. The summed E-state index contributed by atoms with van der Waals surface area (Å²) in [4.78, 5) is 10.3. The van der Waals surface area contributed by atoms with Gasteiger partial charge >= 0.3 is 5.97 Å². The Morgan fingerprint density at radius 1 is 1.88 bits per heavy atom. The molecule has 0 heterocycles. The number of hydrogen-bond donors (Lipinski definition) is 1. The number of rotatable bonds is 1. The van der Waals surface area contributed by atoms with Gasteiger partial charge in [-0.3, -0.25) is 4.79 Å².